The zero-order valence-electron chi connectivity index (χ0n) is 18.3. The second kappa shape index (κ2) is 8.28. The molecule has 0 atom stereocenters. The van der Waals surface area contributed by atoms with Gasteiger partial charge in [0.15, 0.2) is 16.7 Å². The lowest BCUT2D eigenvalue weighted by molar-refractivity contribution is 0.0693. The van der Waals surface area contributed by atoms with E-state index in [1.54, 1.807) is 19.7 Å². The highest BCUT2D eigenvalue weighted by atomic mass is 32.1. The summed E-state index contributed by atoms with van der Waals surface area (Å²) in [6, 6.07) is 1.12. The van der Waals surface area contributed by atoms with Crippen LogP contribution in [0.1, 0.15) is 39.7 Å². The van der Waals surface area contributed by atoms with Crippen molar-refractivity contribution in [2.75, 3.05) is 43.9 Å². The Hall–Kier alpha value is -3.67. The minimum absolute atomic E-state index is 0.0217. The number of thiazole rings is 1. The maximum Gasteiger partial charge on any atom is 0.341 e. The van der Waals surface area contributed by atoms with E-state index in [9.17, 15) is 19.5 Å². The molecule has 0 unspecified atom stereocenters. The molecule has 2 aromatic heterocycles. The number of hydrogen-bond donors (Lipinski definition) is 2. The first kappa shape index (κ1) is 22.1. The molecule has 0 spiro atoms. The fourth-order valence-electron chi connectivity index (χ4n) is 4.41. The van der Waals surface area contributed by atoms with Crippen LogP contribution in [0.15, 0.2) is 22.4 Å². The van der Waals surface area contributed by atoms with Crippen LogP contribution >= 0.6 is 11.3 Å². The van der Waals surface area contributed by atoms with E-state index in [-0.39, 0.29) is 34.5 Å². The van der Waals surface area contributed by atoms with Crippen LogP contribution in [0.4, 0.5) is 15.2 Å². The van der Waals surface area contributed by atoms with Crippen LogP contribution in [0.2, 0.25) is 0 Å². The predicted octanol–water partition coefficient (Wildman–Crippen LogP) is 2.18. The number of halogens is 1. The monoisotopic (exact) mass is 487 g/mol. The topological polar surface area (TPSA) is 131 Å². The van der Waals surface area contributed by atoms with Crippen molar-refractivity contribution in [3.63, 3.8) is 0 Å². The lowest BCUT2D eigenvalue weighted by Crippen LogP contribution is -2.49. The Morgan fingerprint density at radius 1 is 1.26 bits per heavy atom. The van der Waals surface area contributed by atoms with Gasteiger partial charge in [0, 0.05) is 43.8 Å². The Morgan fingerprint density at radius 2 is 1.97 bits per heavy atom. The molecule has 1 aliphatic heterocycles. The zero-order chi connectivity index (χ0) is 24.1. The molecular formula is C22H22FN5O5S. The van der Waals surface area contributed by atoms with Gasteiger partial charge in [-0.15, -0.1) is 11.3 Å². The molecule has 0 radical (unpaired) electrons. The number of aromatic carboxylic acids is 1. The molecule has 1 saturated heterocycles. The number of nitrogens with two attached hydrogens (primary N) is 1. The number of nitrogens with zero attached hydrogens (tertiary/aromatic N) is 4. The molecule has 1 aromatic carbocycles. The summed E-state index contributed by atoms with van der Waals surface area (Å²) in [6.07, 6.45) is 2.98. The highest BCUT2D eigenvalue weighted by Crippen LogP contribution is 2.43. The first-order chi connectivity index (χ1) is 16.3. The number of pyridine rings is 1. The normalized spacial score (nSPS) is 16.2. The Kier molecular flexibility index (Phi) is 5.39. The van der Waals surface area contributed by atoms with E-state index in [2.05, 4.69) is 4.98 Å². The van der Waals surface area contributed by atoms with Gasteiger partial charge in [0.2, 0.25) is 5.43 Å². The van der Waals surface area contributed by atoms with Crippen LogP contribution in [-0.2, 0) is 0 Å². The maximum absolute atomic E-state index is 15.4. The van der Waals surface area contributed by atoms with E-state index in [0.717, 1.165) is 18.9 Å². The van der Waals surface area contributed by atoms with Gasteiger partial charge in [0.05, 0.1) is 18.0 Å². The lowest BCUT2D eigenvalue weighted by atomic mass is 10.1. The molecule has 1 saturated carbocycles. The van der Waals surface area contributed by atoms with Crippen molar-refractivity contribution in [3.05, 3.63) is 44.9 Å². The number of carbonyl (C=O) groups excluding carboxylic acids is 1. The molecule has 34 heavy (non-hydrogen) atoms. The molecule has 3 heterocycles. The number of aromatic nitrogens is 2. The summed E-state index contributed by atoms with van der Waals surface area (Å²) < 4.78 is 22.8. The fraction of sp³-hybridized carbons (Fsp3) is 0.364. The number of ether oxygens (including phenoxy) is 1. The summed E-state index contributed by atoms with van der Waals surface area (Å²) >= 11 is 1.19. The van der Waals surface area contributed by atoms with E-state index in [0.29, 0.717) is 36.8 Å². The van der Waals surface area contributed by atoms with Gasteiger partial charge in [-0.3, -0.25) is 9.59 Å². The number of amides is 1. The number of nitrogen functional groups attached to an aromatic ring is 1. The summed E-state index contributed by atoms with van der Waals surface area (Å²) in [4.78, 5) is 44.6. The molecule has 1 aliphatic carbocycles. The summed E-state index contributed by atoms with van der Waals surface area (Å²) in [7, 11) is 1.40. The van der Waals surface area contributed by atoms with Crippen molar-refractivity contribution in [3.8, 4) is 5.75 Å². The number of hydrogen-bond acceptors (Lipinski definition) is 8. The van der Waals surface area contributed by atoms with Crippen LogP contribution in [0.25, 0.3) is 10.9 Å². The van der Waals surface area contributed by atoms with Crippen LogP contribution in [-0.4, -0.2) is 64.7 Å². The van der Waals surface area contributed by atoms with E-state index < -0.39 is 22.8 Å². The van der Waals surface area contributed by atoms with E-state index in [1.807, 2.05) is 0 Å². The molecule has 3 N–H and O–H groups in total. The van der Waals surface area contributed by atoms with Crippen molar-refractivity contribution >= 4 is 44.9 Å². The van der Waals surface area contributed by atoms with Gasteiger partial charge < -0.3 is 29.9 Å². The van der Waals surface area contributed by atoms with Crippen molar-refractivity contribution in [2.45, 2.75) is 18.9 Å². The molecule has 2 fully saturated rings. The van der Waals surface area contributed by atoms with Crippen LogP contribution in [0.5, 0.6) is 5.75 Å². The first-order valence-electron chi connectivity index (χ1n) is 10.7. The Balaban J connectivity index is 1.53. The number of methoxy groups -OCH3 is 1. The largest absolute Gasteiger partial charge is 0.492 e. The van der Waals surface area contributed by atoms with Crippen molar-refractivity contribution in [1.29, 1.82) is 0 Å². The van der Waals surface area contributed by atoms with Gasteiger partial charge in [-0.05, 0) is 18.9 Å². The number of rotatable bonds is 5. The highest BCUT2D eigenvalue weighted by Gasteiger charge is 2.32. The van der Waals surface area contributed by atoms with Gasteiger partial charge in [0.1, 0.15) is 16.9 Å². The molecular weight excluding hydrogens is 465 g/mol. The summed E-state index contributed by atoms with van der Waals surface area (Å²) in [5.74, 6) is -2.09. The number of benzene rings is 1. The Labute approximate surface area is 197 Å². The van der Waals surface area contributed by atoms with Gasteiger partial charge in [-0.2, -0.15) is 0 Å². The lowest BCUT2D eigenvalue weighted by Gasteiger charge is -2.36. The molecule has 10 nitrogen and oxygen atoms in total. The third kappa shape index (κ3) is 3.63. The van der Waals surface area contributed by atoms with E-state index >= 15 is 4.39 Å². The maximum atomic E-state index is 15.4. The smallest absolute Gasteiger partial charge is 0.341 e. The second-order valence-electron chi connectivity index (χ2n) is 8.30. The van der Waals surface area contributed by atoms with Crippen LogP contribution in [0.3, 0.4) is 0 Å². The fourth-order valence-corrected chi connectivity index (χ4v) is 4.94. The summed E-state index contributed by atoms with van der Waals surface area (Å²) in [6.45, 7) is 1.35. The number of fused-ring (bicyclic) bond motifs is 1. The Bertz CT molecular complexity index is 1370. The number of carboxylic acid groups (broad SMARTS) is 1. The van der Waals surface area contributed by atoms with Crippen LogP contribution in [0, 0.1) is 5.82 Å². The van der Waals surface area contributed by atoms with Crippen LogP contribution < -0.4 is 20.8 Å². The molecule has 2 aliphatic rings. The highest BCUT2D eigenvalue weighted by molar-refractivity contribution is 7.13. The summed E-state index contributed by atoms with van der Waals surface area (Å²) in [5, 5.41) is 11.4. The van der Waals surface area contributed by atoms with Gasteiger partial charge in [-0.1, -0.05) is 0 Å². The molecule has 0 bridgehead atoms. The number of carbonyl (C=O) groups is 2. The van der Waals surface area contributed by atoms with Crippen molar-refractivity contribution < 1.29 is 23.8 Å². The molecule has 12 heteroatoms. The number of anilines is 2. The summed E-state index contributed by atoms with van der Waals surface area (Å²) in [5.41, 5.74) is 5.34. The third-order valence-electron chi connectivity index (χ3n) is 6.20. The van der Waals surface area contributed by atoms with Gasteiger partial charge >= 0.3 is 5.97 Å². The van der Waals surface area contributed by atoms with Crippen molar-refractivity contribution in [1.82, 2.24) is 14.5 Å². The van der Waals surface area contributed by atoms with E-state index in [1.165, 1.54) is 24.6 Å². The SMILES string of the molecule is COc1c(N2CCN(C(=O)c3csc(N)n3)CC2)c(F)cc2c(=O)c(C(=O)O)cn(C3CC3)c12. The zero-order valence-corrected chi connectivity index (χ0v) is 19.1. The minimum Gasteiger partial charge on any atom is -0.492 e. The standard InChI is InChI=1S/C22H22FN5O5S/c1-33-19-16-12(18(29)13(21(31)32)9-28(16)11-2-3-11)8-14(23)17(19)26-4-6-27(7-5-26)20(30)15-10-34-22(24)25-15/h8-11H,2-7H2,1H3,(H2,24,25)(H,31,32). The Morgan fingerprint density at radius 3 is 2.53 bits per heavy atom. The number of piperazine rings is 1. The minimum atomic E-state index is -1.35. The second-order valence-corrected chi connectivity index (χ2v) is 9.19. The van der Waals surface area contributed by atoms with Crippen molar-refractivity contribution in [2.24, 2.45) is 0 Å². The molecule has 178 valence electrons. The third-order valence-corrected chi connectivity index (χ3v) is 6.87. The predicted molar refractivity (Wildman–Crippen MR) is 125 cm³/mol. The van der Waals surface area contributed by atoms with E-state index in [4.69, 9.17) is 10.5 Å². The molecule has 5 rings (SSSR count). The molecule has 1 amide bonds. The first-order valence-corrected chi connectivity index (χ1v) is 11.6. The van der Waals surface area contributed by atoms with Gasteiger partial charge in [0.25, 0.3) is 5.91 Å². The quantitative estimate of drug-likeness (QED) is 0.560. The average molecular weight is 488 g/mol. The van der Waals surface area contributed by atoms with Gasteiger partial charge in [-0.25, -0.2) is 14.2 Å². The number of carboxylic acids is 1. The average Bonchev–Trinajstić information content (AvgIpc) is 3.58. The molecule has 3 aromatic rings.